The van der Waals surface area contributed by atoms with E-state index < -0.39 is 0 Å². The van der Waals surface area contributed by atoms with E-state index in [1.807, 2.05) is 19.9 Å². The Morgan fingerprint density at radius 3 is 2.86 bits per heavy atom. The fourth-order valence-electron chi connectivity index (χ4n) is 1.08. The first kappa shape index (κ1) is 11.1. The third-order valence-corrected chi connectivity index (χ3v) is 2.35. The summed E-state index contributed by atoms with van der Waals surface area (Å²) in [6, 6.07) is 5.33. The molecule has 0 spiro atoms. The van der Waals surface area contributed by atoms with Crippen molar-refractivity contribution in [2.75, 3.05) is 6.61 Å². The average Bonchev–Trinajstić information content (AvgIpc) is 2.18. The molecule has 0 saturated heterocycles. The summed E-state index contributed by atoms with van der Waals surface area (Å²) in [5, 5.41) is 0.480. The molecule has 0 N–H and O–H groups in total. The zero-order valence-electron chi connectivity index (χ0n) is 8.34. The summed E-state index contributed by atoms with van der Waals surface area (Å²) in [5.41, 5.74) is 1.33. The Labute approximate surface area is 88.8 Å². The minimum absolute atomic E-state index is 0.347. The molecular weight excluding hydrogens is 200 g/mol. The number of aryl methyl sites for hydroxylation is 1. The second-order valence-corrected chi connectivity index (χ2v) is 3.45. The maximum atomic E-state index is 11.5. The number of esters is 1. The van der Waals surface area contributed by atoms with Crippen molar-refractivity contribution in [3.05, 3.63) is 34.3 Å². The number of carbonyl (C=O) groups is 1. The first-order chi connectivity index (χ1) is 6.66. The Morgan fingerprint density at radius 1 is 1.50 bits per heavy atom. The lowest BCUT2D eigenvalue weighted by atomic mass is 10.1. The minimum Gasteiger partial charge on any atom is -0.462 e. The Morgan fingerprint density at radius 2 is 2.21 bits per heavy atom. The lowest BCUT2D eigenvalue weighted by Gasteiger charge is -2.06. The monoisotopic (exact) mass is 212 g/mol. The van der Waals surface area contributed by atoms with E-state index in [9.17, 15) is 4.79 Å². The van der Waals surface area contributed by atoms with Crippen molar-refractivity contribution in [3.8, 4) is 0 Å². The van der Waals surface area contributed by atoms with Gasteiger partial charge in [0, 0.05) is 0 Å². The van der Waals surface area contributed by atoms with Gasteiger partial charge in [0.1, 0.15) is 0 Å². The highest BCUT2D eigenvalue weighted by atomic mass is 35.5. The molecule has 0 amide bonds. The molecule has 0 fully saturated rings. The number of hydrogen-bond acceptors (Lipinski definition) is 2. The van der Waals surface area contributed by atoms with Gasteiger partial charge in [0.2, 0.25) is 0 Å². The fourth-order valence-corrected chi connectivity index (χ4v) is 1.28. The molecule has 0 aliphatic heterocycles. The normalized spacial score (nSPS) is 9.93. The largest absolute Gasteiger partial charge is 0.462 e. The van der Waals surface area contributed by atoms with Gasteiger partial charge in [0.15, 0.2) is 0 Å². The number of halogens is 1. The molecular formula is C11H13ClO2. The van der Waals surface area contributed by atoms with Crippen molar-refractivity contribution in [2.45, 2.75) is 20.3 Å². The summed E-state index contributed by atoms with van der Waals surface area (Å²) < 4.78 is 4.99. The Balaban J connectivity index is 2.84. The summed E-state index contributed by atoms with van der Waals surface area (Å²) in [4.78, 5) is 11.5. The predicted octanol–water partition coefficient (Wildman–Crippen LogP) is 3.22. The van der Waals surface area contributed by atoms with Crippen molar-refractivity contribution in [1.82, 2.24) is 0 Å². The standard InChI is InChI=1S/C11H13ClO2/c1-3-7-14-11(13)9-6-4-5-8(2)10(9)12/h4-6H,3,7H2,1-2H3. The molecule has 0 heterocycles. The van der Waals surface area contributed by atoms with Crippen molar-refractivity contribution in [3.63, 3.8) is 0 Å². The van der Waals surface area contributed by atoms with E-state index in [1.54, 1.807) is 12.1 Å². The quantitative estimate of drug-likeness (QED) is 0.720. The summed E-state index contributed by atoms with van der Waals surface area (Å²) >= 11 is 5.97. The van der Waals surface area contributed by atoms with Crippen molar-refractivity contribution in [2.24, 2.45) is 0 Å². The molecule has 0 saturated carbocycles. The molecule has 0 radical (unpaired) electrons. The van der Waals surface area contributed by atoms with Crippen LogP contribution in [0.5, 0.6) is 0 Å². The molecule has 3 heteroatoms. The van der Waals surface area contributed by atoms with Crippen LogP contribution in [0.25, 0.3) is 0 Å². The van der Waals surface area contributed by atoms with Crippen LogP contribution in [0.2, 0.25) is 5.02 Å². The zero-order chi connectivity index (χ0) is 10.6. The van der Waals surface area contributed by atoms with E-state index in [2.05, 4.69) is 0 Å². The smallest absolute Gasteiger partial charge is 0.339 e. The lowest BCUT2D eigenvalue weighted by molar-refractivity contribution is 0.0505. The van der Waals surface area contributed by atoms with Crippen LogP contribution < -0.4 is 0 Å². The first-order valence-electron chi connectivity index (χ1n) is 4.59. The maximum absolute atomic E-state index is 11.5. The van der Waals surface area contributed by atoms with E-state index in [4.69, 9.17) is 16.3 Å². The van der Waals surface area contributed by atoms with E-state index in [-0.39, 0.29) is 5.97 Å². The predicted molar refractivity (Wildman–Crippen MR) is 56.8 cm³/mol. The van der Waals surface area contributed by atoms with Gasteiger partial charge in [-0.3, -0.25) is 0 Å². The molecule has 0 aromatic heterocycles. The van der Waals surface area contributed by atoms with Crippen LogP contribution in [-0.2, 0) is 4.74 Å². The van der Waals surface area contributed by atoms with Crippen LogP contribution in [0, 0.1) is 6.92 Å². The maximum Gasteiger partial charge on any atom is 0.339 e. The summed E-state index contributed by atoms with van der Waals surface area (Å²) in [6.07, 6.45) is 0.815. The van der Waals surface area contributed by atoms with Gasteiger partial charge in [-0.2, -0.15) is 0 Å². The second-order valence-electron chi connectivity index (χ2n) is 3.07. The fraction of sp³-hybridized carbons (Fsp3) is 0.364. The highest BCUT2D eigenvalue weighted by Crippen LogP contribution is 2.20. The van der Waals surface area contributed by atoms with Gasteiger partial charge in [0.05, 0.1) is 17.2 Å². The topological polar surface area (TPSA) is 26.3 Å². The van der Waals surface area contributed by atoms with Crippen LogP contribution in [0.4, 0.5) is 0 Å². The van der Waals surface area contributed by atoms with Crippen LogP contribution >= 0.6 is 11.6 Å². The molecule has 1 aromatic rings. The zero-order valence-corrected chi connectivity index (χ0v) is 9.10. The van der Waals surface area contributed by atoms with Crippen molar-refractivity contribution < 1.29 is 9.53 Å². The molecule has 0 unspecified atom stereocenters. The molecule has 2 nitrogen and oxygen atoms in total. The van der Waals surface area contributed by atoms with Crippen LogP contribution in [0.15, 0.2) is 18.2 Å². The first-order valence-corrected chi connectivity index (χ1v) is 4.96. The number of benzene rings is 1. The van der Waals surface area contributed by atoms with Gasteiger partial charge in [0.25, 0.3) is 0 Å². The highest BCUT2D eigenvalue weighted by molar-refractivity contribution is 6.34. The number of ether oxygens (including phenoxy) is 1. The van der Waals surface area contributed by atoms with Gasteiger partial charge < -0.3 is 4.74 Å². The van der Waals surface area contributed by atoms with E-state index in [0.717, 1.165) is 12.0 Å². The van der Waals surface area contributed by atoms with Crippen molar-refractivity contribution >= 4 is 17.6 Å². The number of carbonyl (C=O) groups excluding carboxylic acids is 1. The average molecular weight is 213 g/mol. The van der Waals surface area contributed by atoms with Crippen LogP contribution in [0.3, 0.4) is 0 Å². The third kappa shape index (κ3) is 2.48. The molecule has 0 atom stereocenters. The van der Waals surface area contributed by atoms with Crippen LogP contribution in [0.1, 0.15) is 29.3 Å². The SMILES string of the molecule is CCCOC(=O)c1cccc(C)c1Cl. The Bertz CT molecular complexity index is 334. The molecule has 0 bridgehead atoms. The lowest BCUT2D eigenvalue weighted by Crippen LogP contribution is -2.06. The van der Waals surface area contributed by atoms with E-state index in [0.29, 0.717) is 17.2 Å². The molecule has 0 aliphatic rings. The Kier molecular flexibility index (Phi) is 3.96. The summed E-state index contributed by atoms with van der Waals surface area (Å²) in [5.74, 6) is -0.347. The summed E-state index contributed by atoms with van der Waals surface area (Å²) in [6.45, 7) is 4.24. The highest BCUT2D eigenvalue weighted by Gasteiger charge is 2.12. The van der Waals surface area contributed by atoms with Gasteiger partial charge >= 0.3 is 5.97 Å². The minimum atomic E-state index is -0.347. The second kappa shape index (κ2) is 5.01. The van der Waals surface area contributed by atoms with Gasteiger partial charge in [-0.05, 0) is 25.0 Å². The van der Waals surface area contributed by atoms with Gasteiger partial charge in [-0.15, -0.1) is 0 Å². The van der Waals surface area contributed by atoms with E-state index in [1.165, 1.54) is 0 Å². The summed E-state index contributed by atoms with van der Waals surface area (Å²) in [7, 11) is 0. The number of hydrogen-bond donors (Lipinski definition) is 0. The van der Waals surface area contributed by atoms with Crippen molar-refractivity contribution in [1.29, 1.82) is 0 Å². The molecule has 0 aliphatic carbocycles. The molecule has 1 aromatic carbocycles. The Hall–Kier alpha value is -1.02. The van der Waals surface area contributed by atoms with Crippen LogP contribution in [-0.4, -0.2) is 12.6 Å². The molecule has 76 valence electrons. The molecule has 1 rings (SSSR count). The third-order valence-electron chi connectivity index (χ3n) is 1.85. The van der Waals surface area contributed by atoms with Gasteiger partial charge in [-0.25, -0.2) is 4.79 Å². The number of rotatable bonds is 3. The molecule has 14 heavy (non-hydrogen) atoms. The van der Waals surface area contributed by atoms with Gasteiger partial charge in [-0.1, -0.05) is 30.7 Å². The van der Waals surface area contributed by atoms with E-state index >= 15 is 0 Å².